The molecule has 4 heteroatoms. The highest BCUT2D eigenvalue weighted by atomic mass is 16.3. The Hall–Kier alpha value is -1.42. The molecule has 1 rings (SSSR count). The normalized spacial score (nSPS) is 14.8. The molecule has 0 bridgehead atoms. The molecular weight excluding hydrogens is 180 g/mol. The van der Waals surface area contributed by atoms with Gasteiger partial charge in [0.2, 0.25) is 0 Å². The fourth-order valence-corrected chi connectivity index (χ4v) is 1.28. The van der Waals surface area contributed by atoms with Crippen LogP contribution in [0.15, 0.2) is 12.3 Å². The zero-order valence-electron chi connectivity index (χ0n) is 8.32. The molecule has 0 aliphatic rings. The third-order valence-electron chi connectivity index (χ3n) is 2.12. The molecule has 0 radical (unpaired) electrons. The van der Waals surface area contributed by atoms with E-state index in [1.165, 1.54) is 0 Å². The quantitative estimate of drug-likeness (QED) is 0.697. The molecule has 14 heavy (non-hydrogen) atoms. The number of aryl methyl sites for hydroxylation is 1. The molecule has 0 amide bonds. The smallest absolute Gasteiger partial charge is 0.129 e. The van der Waals surface area contributed by atoms with E-state index < -0.39 is 5.60 Å². The van der Waals surface area contributed by atoms with Gasteiger partial charge in [-0.1, -0.05) is 0 Å². The molecule has 3 N–H and O–H groups in total. The molecule has 76 valence electrons. The summed E-state index contributed by atoms with van der Waals surface area (Å²) in [6.45, 7) is 3.40. The van der Waals surface area contributed by atoms with Crippen LogP contribution in [-0.2, 0) is 10.4 Å². The van der Waals surface area contributed by atoms with Gasteiger partial charge in [-0.2, -0.15) is 0 Å². The van der Waals surface area contributed by atoms with Crippen molar-refractivity contribution in [1.29, 1.82) is 0 Å². The number of nitrogen functional groups attached to an aromatic ring is 1. The van der Waals surface area contributed by atoms with E-state index in [2.05, 4.69) is 4.98 Å². The summed E-state index contributed by atoms with van der Waals surface area (Å²) in [6.07, 6.45) is 2.31. The van der Waals surface area contributed by atoms with Crippen molar-refractivity contribution in [3.8, 4) is 0 Å². The van der Waals surface area contributed by atoms with Crippen LogP contribution in [0.1, 0.15) is 24.5 Å². The second-order valence-electron chi connectivity index (χ2n) is 3.59. The predicted molar refractivity (Wildman–Crippen MR) is 53.6 cm³/mol. The Balaban J connectivity index is 3.16. The maximum Gasteiger partial charge on any atom is 0.129 e. The molecule has 1 atom stereocenters. The number of aromatic nitrogens is 1. The van der Waals surface area contributed by atoms with E-state index in [1.807, 2.05) is 6.92 Å². The largest absolute Gasteiger partial charge is 0.385 e. The predicted octanol–water partition coefficient (Wildman–Crippen LogP) is 0.769. The van der Waals surface area contributed by atoms with Gasteiger partial charge in [0.25, 0.3) is 0 Å². The molecule has 1 aromatic rings. The summed E-state index contributed by atoms with van der Waals surface area (Å²) in [5.74, 6) is 0.266. The van der Waals surface area contributed by atoms with Gasteiger partial charge in [0.1, 0.15) is 12.1 Å². The number of rotatable bonds is 3. The van der Waals surface area contributed by atoms with Crippen molar-refractivity contribution in [3.05, 3.63) is 23.4 Å². The van der Waals surface area contributed by atoms with Crippen molar-refractivity contribution >= 4 is 12.1 Å². The number of aliphatic hydroxyl groups is 1. The minimum atomic E-state index is -1.23. The monoisotopic (exact) mass is 194 g/mol. The van der Waals surface area contributed by atoms with Gasteiger partial charge >= 0.3 is 0 Å². The number of anilines is 1. The highest BCUT2D eigenvalue weighted by Crippen LogP contribution is 2.27. The lowest BCUT2D eigenvalue weighted by molar-refractivity contribution is -0.112. The number of hydrogen-bond donors (Lipinski definition) is 2. The number of carbonyl (C=O) groups is 1. The summed E-state index contributed by atoms with van der Waals surface area (Å²) in [4.78, 5) is 14.3. The summed E-state index contributed by atoms with van der Waals surface area (Å²) in [5, 5.41) is 9.94. The summed E-state index contributed by atoms with van der Waals surface area (Å²) in [7, 11) is 0. The van der Waals surface area contributed by atoms with Gasteiger partial charge in [0.05, 0.1) is 5.60 Å². The van der Waals surface area contributed by atoms with Crippen LogP contribution >= 0.6 is 0 Å². The number of aldehydes is 1. The highest BCUT2D eigenvalue weighted by Gasteiger charge is 2.25. The zero-order chi connectivity index (χ0) is 10.8. The van der Waals surface area contributed by atoms with Crippen LogP contribution in [0.4, 0.5) is 5.82 Å². The summed E-state index contributed by atoms with van der Waals surface area (Å²) < 4.78 is 0. The van der Waals surface area contributed by atoms with Crippen LogP contribution in [-0.4, -0.2) is 16.4 Å². The van der Waals surface area contributed by atoms with Gasteiger partial charge in [-0.3, -0.25) is 0 Å². The molecular formula is C10H14N2O2. The number of nitrogens with two attached hydrogens (primary N) is 1. The molecule has 0 aliphatic carbocycles. The van der Waals surface area contributed by atoms with Crippen molar-refractivity contribution in [2.75, 3.05) is 5.73 Å². The molecule has 0 fully saturated rings. The maximum atomic E-state index is 10.4. The first kappa shape index (κ1) is 10.7. The van der Waals surface area contributed by atoms with E-state index in [9.17, 15) is 9.90 Å². The van der Waals surface area contributed by atoms with Gasteiger partial charge < -0.3 is 15.6 Å². The Labute approximate surface area is 82.8 Å². The third kappa shape index (κ3) is 2.09. The van der Waals surface area contributed by atoms with Crippen LogP contribution in [0, 0.1) is 6.92 Å². The summed E-state index contributed by atoms with van der Waals surface area (Å²) >= 11 is 0. The fraction of sp³-hybridized carbons (Fsp3) is 0.400. The lowest BCUT2D eigenvalue weighted by Crippen LogP contribution is -2.23. The fourth-order valence-electron chi connectivity index (χ4n) is 1.28. The molecule has 0 saturated heterocycles. The van der Waals surface area contributed by atoms with Crippen molar-refractivity contribution in [1.82, 2.24) is 4.98 Å². The van der Waals surface area contributed by atoms with Crippen LogP contribution in [0.3, 0.4) is 0 Å². The Morgan fingerprint density at radius 1 is 1.71 bits per heavy atom. The van der Waals surface area contributed by atoms with Crippen molar-refractivity contribution in [2.45, 2.75) is 25.9 Å². The standard InChI is InChI=1S/C10H14N2O2/c1-7-5-8(9(11)12-6-7)10(2,14)3-4-13/h4-6,14H,3H2,1-2H3,(H2,11,12). The Morgan fingerprint density at radius 3 is 2.93 bits per heavy atom. The van der Waals surface area contributed by atoms with E-state index in [-0.39, 0.29) is 12.2 Å². The maximum absolute atomic E-state index is 10.4. The lowest BCUT2D eigenvalue weighted by Gasteiger charge is -2.22. The molecule has 0 aliphatic heterocycles. The summed E-state index contributed by atoms with van der Waals surface area (Å²) in [5.41, 5.74) is 5.79. The molecule has 0 spiro atoms. The lowest BCUT2D eigenvalue weighted by atomic mass is 9.93. The number of hydrogen-bond acceptors (Lipinski definition) is 4. The topological polar surface area (TPSA) is 76.2 Å². The van der Waals surface area contributed by atoms with Crippen LogP contribution in [0.2, 0.25) is 0 Å². The van der Waals surface area contributed by atoms with Gasteiger partial charge in [0, 0.05) is 18.2 Å². The summed E-state index contributed by atoms with van der Waals surface area (Å²) in [6, 6.07) is 1.74. The van der Waals surface area contributed by atoms with Gasteiger partial charge in [-0.25, -0.2) is 4.98 Å². The second kappa shape index (κ2) is 3.75. The van der Waals surface area contributed by atoms with Crippen molar-refractivity contribution in [3.63, 3.8) is 0 Å². The highest BCUT2D eigenvalue weighted by molar-refractivity contribution is 5.55. The van der Waals surface area contributed by atoms with E-state index in [0.717, 1.165) is 5.56 Å². The Morgan fingerprint density at radius 2 is 2.36 bits per heavy atom. The SMILES string of the molecule is Cc1cnc(N)c(C(C)(O)CC=O)c1. The van der Waals surface area contributed by atoms with Crippen LogP contribution < -0.4 is 5.73 Å². The molecule has 4 nitrogen and oxygen atoms in total. The molecule has 0 saturated carbocycles. The first-order valence-corrected chi connectivity index (χ1v) is 4.36. The minimum Gasteiger partial charge on any atom is -0.385 e. The average molecular weight is 194 g/mol. The van der Waals surface area contributed by atoms with Crippen molar-refractivity contribution in [2.24, 2.45) is 0 Å². The van der Waals surface area contributed by atoms with Gasteiger partial charge in [0.15, 0.2) is 0 Å². The number of carbonyl (C=O) groups excluding carboxylic acids is 1. The first-order chi connectivity index (χ1) is 6.47. The minimum absolute atomic E-state index is 0.0162. The molecule has 1 aromatic heterocycles. The van der Waals surface area contributed by atoms with Gasteiger partial charge in [-0.15, -0.1) is 0 Å². The van der Waals surface area contributed by atoms with E-state index in [1.54, 1.807) is 19.2 Å². The number of pyridine rings is 1. The average Bonchev–Trinajstić information content (AvgIpc) is 2.09. The zero-order valence-corrected chi connectivity index (χ0v) is 8.32. The Bertz CT molecular complexity index is 348. The van der Waals surface area contributed by atoms with Gasteiger partial charge in [-0.05, 0) is 25.5 Å². The van der Waals surface area contributed by atoms with E-state index in [0.29, 0.717) is 11.8 Å². The van der Waals surface area contributed by atoms with E-state index in [4.69, 9.17) is 5.73 Å². The molecule has 1 heterocycles. The second-order valence-corrected chi connectivity index (χ2v) is 3.59. The molecule has 1 unspecified atom stereocenters. The Kier molecular flexibility index (Phi) is 2.86. The number of nitrogens with zero attached hydrogens (tertiary/aromatic N) is 1. The molecule has 0 aromatic carbocycles. The van der Waals surface area contributed by atoms with Crippen molar-refractivity contribution < 1.29 is 9.90 Å². The first-order valence-electron chi connectivity index (χ1n) is 4.36. The third-order valence-corrected chi connectivity index (χ3v) is 2.12. The van der Waals surface area contributed by atoms with Crippen LogP contribution in [0.5, 0.6) is 0 Å². The van der Waals surface area contributed by atoms with Crippen LogP contribution in [0.25, 0.3) is 0 Å². The van der Waals surface area contributed by atoms with E-state index >= 15 is 0 Å².